The smallest absolute Gasteiger partial charge is 0.0502 e. The molecule has 1 aromatic rings. The highest BCUT2D eigenvalue weighted by Gasteiger charge is 2.35. The van der Waals surface area contributed by atoms with E-state index in [1.165, 1.54) is 42.8 Å². The van der Waals surface area contributed by atoms with Gasteiger partial charge in [-0.1, -0.05) is 24.3 Å². The van der Waals surface area contributed by atoms with E-state index in [9.17, 15) is 5.11 Å². The van der Waals surface area contributed by atoms with E-state index in [2.05, 4.69) is 42.3 Å². The van der Waals surface area contributed by atoms with Gasteiger partial charge in [-0.25, -0.2) is 0 Å². The van der Waals surface area contributed by atoms with E-state index in [0.717, 1.165) is 19.4 Å². The summed E-state index contributed by atoms with van der Waals surface area (Å²) in [5, 5.41) is 10.1. The molecular weight excluding hydrogens is 278 g/mol. The van der Waals surface area contributed by atoms with Crippen LogP contribution in [0.4, 0.5) is 0 Å². The lowest BCUT2D eigenvalue weighted by atomic mass is 9.75. The molecule has 1 aromatic carbocycles. The number of aryl methyl sites for hydroxylation is 1. The number of likely N-dealkylation sites (tertiary alicyclic amines) is 1. The van der Waals surface area contributed by atoms with Crippen LogP contribution in [0.3, 0.4) is 0 Å². The third-order valence-electron chi connectivity index (χ3n) is 4.73. The molecule has 0 aromatic heterocycles. The maximum absolute atomic E-state index is 10.1. The lowest BCUT2D eigenvalue weighted by Crippen LogP contribution is -2.47. The van der Waals surface area contributed by atoms with Gasteiger partial charge in [0.05, 0.1) is 6.61 Å². The molecule has 1 heterocycles. The van der Waals surface area contributed by atoms with Gasteiger partial charge in [0, 0.05) is 12.0 Å². The minimum atomic E-state index is 0.0592. The van der Waals surface area contributed by atoms with Crippen LogP contribution in [0, 0.1) is 12.3 Å². The normalized spacial score (nSPS) is 23.4. The van der Waals surface area contributed by atoms with Crippen molar-refractivity contribution < 1.29 is 5.11 Å². The van der Waals surface area contributed by atoms with Gasteiger partial charge in [-0.15, -0.1) is 0 Å². The fourth-order valence-electron chi connectivity index (χ4n) is 3.48. The van der Waals surface area contributed by atoms with Crippen molar-refractivity contribution in [1.29, 1.82) is 0 Å². The first kappa shape index (κ1) is 16.9. The highest BCUT2D eigenvalue weighted by molar-refractivity contribution is 7.98. The quantitative estimate of drug-likeness (QED) is 0.781. The average Bonchev–Trinajstić information content (AvgIpc) is 2.50. The summed E-state index contributed by atoms with van der Waals surface area (Å²) >= 11 is 1.92. The van der Waals surface area contributed by atoms with Crippen LogP contribution in [0.15, 0.2) is 24.3 Å². The summed E-state index contributed by atoms with van der Waals surface area (Å²) in [6, 6.07) is 8.62. The second kappa shape index (κ2) is 8.21. The van der Waals surface area contributed by atoms with Gasteiger partial charge in [-0.05, 0) is 68.8 Å². The summed E-state index contributed by atoms with van der Waals surface area (Å²) in [6.45, 7) is 5.91. The van der Waals surface area contributed by atoms with Crippen molar-refractivity contribution in [3.63, 3.8) is 0 Å². The lowest BCUT2D eigenvalue weighted by molar-refractivity contribution is 0.0325. The van der Waals surface area contributed by atoms with E-state index < -0.39 is 0 Å². The fraction of sp³-hybridized carbons (Fsp3) is 0.667. The van der Waals surface area contributed by atoms with Crippen LogP contribution in [0.5, 0.6) is 0 Å². The number of rotatable bonds is 7. The predicted molar refractivity (Wildman–Crippen MR) is 93.1 cm³/mol. The zero-order chi connectivity index (χ0) is 15.1. The number of aliphatic hydroxyl groups is 1. The molecule has 0 radical (unpaired) electrons. The molecule has 3 heteroatoms. The molecule has 118 valence electrons. The number of hydrogen-bond acceptors (Lipinski definition) is 3. The van der Waals surface area contributed by atoms with Crippen LogP contribution in [0.25, 0.3) is 0 Å². The first-order valence-electron chi connectivity index (χ1n) is 8.06. The van der Waals surface area contributed by atoms with Crippen LogP contribution >= 0.6 is 11.8 Å². The van der Waals surface area contributed by atoms with Crippen LogP contribution < -0.4 is 0 Å². The lowest BCUT2D eigenvalue weighted by Gasteiger charge is -2.42. The van der Waals surface area contributed by atoms with Crippen LogP contribution in [-0.2, 0) is 6.42 Å². The van der Waals surface area contributed by atoms with E-state index in [1.54, 1.807) is 0 Å². The number of benzene rings is 1. The molecule has 0 spiro atoms. The zero-order valence-electron chi connectivity index (χ0n) is 13.5. The molecule has 0 unspecified atom stereocenters. The Labute approximate surface area is 133 Å². The van der Waals surface area contributed by atoms with Crippen LogP contribution in [0.2, 0.25) is 0 Å². The monoisotopic (exact) mass is 307 g/mol. The average molecular weight is 308 g/mol. The van der Waals surface area contributed by atoms with Crippen molar-refractivity contribution in [1.82, 2.24) is 4.90 Å². The Morgan fingerprint density at radius 3 is 2.86 bits per heavy atom. The molecule has 2 nitrogen and oxygen atoms in total. The minimum Gasteiger partial charge on any atom is -0.396 e. The molecule has 1 N–H and O–H groups in total. The maximum Gasteiger partial charge on any atom is 0.0502 e. The van der Waals surface area contributed by atoms with Crippen LogP contribution in [0.1, 0.15) is 30.4 Å². The molecule has 0 saturated carbocycles. The Balaban J connectivity index is 2.01. The first-order chi connectivity index (χ1) is 10.2. The molecular formula is C18H29NOS. The predicted octanol–water partition coefficient (Wildman–Crippen LogP) is 3.37. The van der Waals surface area contributed by atoms with E-state index in [4.69, 9.17) is 0 Å². The highest BCUT2D eigenvalue weighted by atomic mass is 32.2. The van der Waals surface area contributed by atoms with E-state index in [1.807, 2.05) is 11.8 Å². The van der Waals surface area contributed by atoms with Crippen molar-refractivity contribution >= 4 is 11.8 Å². The fourth-order valence-corrected chi connectivity index (χ4v) is 3.89. The van der Waals surface area contributed by atoms with Gasteiger partial charge in [0.15, 0.2) is 0 Å². The van der Waals surface area contributed by atoms with Crippen LogP contribution in [-0.4, -0.2) is 48.3 Å². The van der Waals surface area contributed by atoms with E-state index in [-0.39, 0.29) is 5.41 Å². The summed E-state index contributed by atoms with van der Waals surface area (Å²) in [7, 11) is 0. The molecule has 0 bridgehead atoms. The third-order valence-corrected chi connectivity index (χ3v) is 5.42. The summed E-state index contributed by atoms with van der Waals surface area (Å²) in [5.41, 5.74) is 2.81. The summed E-state index contributed by atoms with van der Waals surface area (Å²) in [4.78, 5) is 2.56. The van der Waals surface area contributed by atoms with Gasteiger partial charge in [-0.3, -0.25) is 0 Å². The molecule has 1 fully saturated rings. The first-order valence-corrected chi connectivity index (χ1v) is 9.45. The maximum atomic E-state index is 10.1. The van der Waals surface area contributed by atoms with E-state index >= 15 is 0 Å². The molecule has 1 aliphatic heterocycles. The second-order valence-corrected chi connectivity index (χ2v) is 7.47. The number of hydrogen-bond donors (Lipinski definition) is 1. The SMILES string of the molecule is CSCCCN1CCC[C@](CO)(Cc2ccccc2C)C1. The number of piperidine rings is 1. The van der Waals surface area contributed by atoms with Crippen molar-refractivity contribution in [3.8, 4) is 0 Å². The zero-order valence-corrected chi connectivity index (χ0v) is 14.3. The van der Waals surface area contributed by atoms with Crippen molar-refractivity contribution in [3.05, 3.63) is 35.4 Å². The number of nitrogens with zero attached hydrogens (tertiary/aromatic N) is 1. The summed E-state index contributed by atoms with van der Waals surface area (Å²) in [6.07, 6.45) is 6.80. The number of thioether (sulfide) groups is 1. The Morgan fingerprint density at radius 1 is 1.33 bits per heavy atom. The molecule has 21 heavy (non-hydrogen) atoms. The Hall–Kier alpha value is -0.510. The minimum absolute atomic E-state index is 0.0592. The van der Waals surface area contributed by atoms with Crippen molar-refractivity contribution in [2.75, 3.05) is 38.2 Å². The highest BCUT2D eigenvalue weighted by Crippen LogP contribution is 2.34. The third kappa shape index (κ3) is 4.73. The van der Waals surface area contributed by atoms with Gasteiger partial charge in [-0.2, -0.15) is 11.8 Å². The number of aliphatic hydroxyl groups excluding tert-OH is 1. The summed E-state index contributed by atoms with van der Waals surface area (Å²) in [5.74, 6) is 1.24. The van der Waals surface area contributed by atoms with E-state index in [0.29, 0.717) is 6.61 Å². The van der Waals surface area contributed by atoms with Gasteiger partial charge < -0.3 is 10.0 Å². The summed E-state index contributed by atoms with van der Waals surface area (Å²) < 4.78 is 0. The van der Waals surface area contributed by atoms with Crippen molar-refractivity contribution in [2.24, 2.45) is 5.41 Å². The Bertz CT molecular complexity index is 437. The Kier molecular flexibility index (Phi) is 6.59. The molecule has 1 saturated heterocycles. The van der Waals surface area contributed by atoms with Gasteiger partial charge in [0.1, 0.15) is 0 Å². The Morgan fingerprint density at radius 2 is 2.14 bits per heavy atom. The second-order valence-electron chi connectivity index (χ2n) is 6.49. The largest absolute Gasteiger partial charge is 0.396 e. The van der Waals surface area contributed by atoms with Gasteiger partial charge >= 0.3 is 0 Å². The van der Waals surface area contributed by atoms with Gasteiger partial charge in [0.25, 0.3) is 0 Å². The standard InChI is InChI=1S/C18H29NOS/c1-16-7-3-4-8-17(16)13-18(15-20)9-5-10-19(14-18)11-6-12-21-2/h3-4,7-8,20H,5-6,9-15H2,1-2H3/t18-/m0/s1. The molecule has 0 amide bonds. The topological polar surface area (TPSA) is 23.5 Å². The van der Waals surface area contributed by atoms with Gasteiger partial charge in [0.2, 0.25) is 0 Å². The molecule has 1 aliphatic rings. The molecule has 1 atom stereocenters. The molecule has 0 aliphatic carbocycles. The molecule has 2 rings (SSSR count). The van der Waals surface area contributed by atoms with Crippen molar-refractivity contribution in [2.45, 2.75) is 32.6 Å².